The van der Waals surface area contributed by atoms with Crippen LogP contribution in [0.5, 0.6) is 0 Å². The molecule has 7 heteroatoms. The van der Waals surface area contributed by atoms with E-state index in [2.05, 4.69) is 20.3 Å². The van der Waals surface area contributed by atoms with Crippen LogP contribution >= 0.6 is 0 Å². The number of aromatic nitrogens is 3. The molecule has 128 valence electrons. The van der Waals surface area contributed by atoms with E-state index in [1.54, 1.807) is 37.6 Å². The minimum absolute atomic E-state index is 0.0190. The lowest BCUT2D eigenvalue weighted by molar-refractivity contribution is -0.120. The molecule has 3 heterocycles. The van der Waals surface area contributed by atoms with Crippen molar-refractivity contribution in [2.45, 2.75) is 19.8 Å². The molecule has 0 unspecified atom stereocenters. The Morgan fingerprint density at radius 3 is 2.84 bits per heavy atom. The Hall–Kier alpha value is -3.22. The number of nitrogens with one attached hydrogen (secondary N) is 2. The van der Waals surface area contributed by atoms with Gasteiger partial charge < -0.3 is 14.7 Å². The van der Waals surface area contributed by atoms with Crippen LogP contribution in [-0.4, -0.2) is 27.4 Å². The van der Waals surface area contributed by atoms with Crippen LogP contribution in [0.1, 0.15) is 17.0 Å². The van der Waals surface area contributed by atoms with Crippen LogP contribution in [0.15, 0.2) is 52.0 Å². The highest BCUT2D eigenvalue weighted by molar-refractivity contribution is 5.78. The first-order valence-electron chi connectivity index (χ1n) is 7.94. The summed E-state index contributed by atoms with van der Waals surface area (Å²) in [4.78, 5) is 35.6. The zero-order valence-corrected chi connectivity index (χ0v) is 13.8. The average Bonchev–Trinajstić information content (AvgIpc) is 3.12. The Labute approximate surface area is 144 Å². The minimum atomic E-state index is -0.325. The molecule has 1 amide bonds. The van der Waals surface area contributed by atoms with Crippen LogP contribution in [-0.2, 0) is 17.6 Å². The van der Waals surface area contributed by atoms with E-state index in [1.807, 2.05) is 12.1 Å². The molecule has 0 aromatic carbocycles. The van der Waals surface area contributed by atoms with Gasteiger partial charge in [-0.2, -0.15) is 0 Å². The van der Waals surface area contributed by atoms with Crippen LogP contribution in [0.25, 0.3) is 11.5 Å². The molecule has 7 nitrogen and oxygen atoms in total. The molecule has 0 spiro atoms. The third-order valence-corrected chi connectivity index (χ3v) is 3.74. The monoisotopic (exact) mass is 338 g/mol. The first-order chi connectivity index (χ1) is 12.1. The van der Waals surface area contributed by atoms with Gasteiger partial charge in [0.15, 0.2) is 5.82 Å². The Morgan fingerprint density at radius 1 is 1.28 bits per heavy atom. The second kappa shape index (κ2) is 7.57. The van der Waals surface area contributed by atoms with E-state index in [9.17, 15) is 9.59 Å². The molecule has 3 rings (SSSR count). The van der Waals surface area contributed by atoms with Crippen LogP contribution in [0.4, 0.5) is 0 Å². The van der Waals surface area contributed by atoms with Gasteiger partial charge in [-0.05, 0) is 31.2 Å². The Balaban J connectivity index is 1.66. The highest BCUT2D eigenvalue weighted by atomic mass is 16.3. The standard InChI is InChI=1S/C18H18N4O3/c1-12-14(11-16(23)20-9-7-13-5-4-10-25-13)18(24)22-17(21-12)15-6-2-3-8-19-15/h2-6,8,10H,7,9,11H2,1H3,(H,20,23)(H,21,22,24). The van der Waals surface area contributed by atoms with Crippen molar-refractivity contribution in [1.82, 2.24) is 20.3 Å². The molecule has 2 N–H and O–H groups in total. The van der Waals surface area contributed by atoms with Crippen molar-refractivity contribution in [1.29, 1.82) is 0 Å². The van der Waals surface area contributed by atoms with Gasteiger partial charge in [-0.15, -0.1) is 0 Å². The quantitative estimate of drug-likeness (QED) is 0.711. The van der Waals surface area contributed by atoms with Crippen molar-refractivity contribution in [3.63, 3.8) is 0 Å². The predicted octanol–water partition coefficient (Wildman–Crippen LogP) is 1.63. The van der Waals surface area contributed by atoms with E-state index in [0.717, 1.165) is 5.76 Å². The number of aromatic amines is 1. The Kier molecular flexibility index (Phi) is 5.03. The summed E-state index contributed by atoms with van der Waals surface area (Å²) in [7, 11) is 0. The summed E-state index contributed by atoms with van der Waals surface area (Å²) in [5.74, 6) is 0.966. The second-order valence-electron chi connectivity index (χ2n) is 5.55. The SMILES string of the molecule is Cc1nc(-c2ccccn2)[nH]c(=O)c1CC(=O)NCCc1ccco1. The molecule has 0 aliphatic carbocycles. The third-order valence-electron chi connectivity index (χ3n) is 3.74. The van der Waals surface area contributed by atoms with Gasteiger partial charge in [0.2, 0.25) is 5.91 Å². The van der Waals surface area contributed by atoms with Gasteiger partial charge in [-0.1, -0.05) is 6.07 Å². The van der Waals surface area contributed by atoms with Crippen LogP contribution in [0.2, 0.25) is 0 Å². The van der Waals surface area contributed by atoms with Gasteiger partial charge >= 0.3 is 0 Å². The smallest absolute Gasteiger partial charge is 0.255 e. The highest BCUT2D eigenvalue weighted by Crippen LogP contribution is 2.11. The summed E-state index contributed by atoms with van der Waals surface area (Å²) in [6.45, 7) is 2.16. The molecular weight excluding hydrogens is 320 g/mol. The molecule has 3 aromatic heterocycles. The molecular formula is C18H18N4O3. The Morgan fingerprint density at radius 2 is 2.16 bits per heavy atom. The molecule has 0 fully saturated rings. The molecule has 0 bridgehead atoms. The maximum atomic E-state index is 12.3. The lowest BCUT2D eigenvalue weighted by Crippen LogP contribution is -2.30. The summed E-state index contributed by atoms with van der Waals surface area (Å²) >= 11 is 0. The largest absolute Gasteiger partial charge is 0.469 e. The zero-order chi connectivity index (χ0) is 17.6. The summed E-state index contributed by atoms with van der Waals surface area (Å²) in [5.41, 5.74) is 1.13. The van der Waals surface area contributed by atoms with Crippen molar-refractivity contribution < 1.29 is 9.21 Å². The van der Waals surface area contributed by atoms with Gasteiger partial charge in [-0.3, -0.25) is 14.6 Å². The number of pyridine rings is 1. The van der Waals surface area contributed by atoms with Crippen molar-refractivity contribution in [2.24, 2.45) is 0 Å². The van der Waals surface area contributed by atoms with Crippen LogP contribution in [0.3, 0.4) is 0 Å². The van der Waals surface area contributed by atoms with Gasteiger partial charge in [0, 0.05) is 30.4 Å². The second-order valence-corrected chi connectivity index (χ2v) is 5.55. The molecule has 0 aliphatic rings. The number of H-pyrrole nitrogens is 1. The van der Waals surface area contributed by atoms with E-state index in [-0.39, 0.29) is 17.9 Å². The van der Waals surface area contributed by atoms with Gasteiger partial charge in [0.05, 0.1) is 12.7 Å². The van der Waals surface area contributed by atoms with Crippen molar-refractivity contribution in [3.05, 3.63) is 70.2 Å². The van der Waals surface area contributed by atoms with Crippen molar-refractivity contribution in [2.75, 3.05) is 6.54 Å². The predicted molar refractivity (Wildman–Crippen MR) is 92.0 cm³/mol. The molecule has 0 atom stereocenters. The molecule has 0 aliphatic heterocycles. The van der Waals surface area contributed by atoms with Gasteiger partial charge in [0.1, 0.15) is 11.5 Å². The number of nitrogens with zero attached hydrogens (tertiary/aromatic N) is 2. The normalized spacial score (nSPS) is 10.6. The van der Waals surface area contributed by atoms with E-state index >= 15 is 0 Å². The first-order valence-corrected chi connectivity index (χ1v) is 7.94. The third kappa shape index (κ3) is 4.20. The van der Waals surface area contributed by atoms with E-state index in [1.165, 1.54) is 0 Å². The number of furan rings is 1. The molecule has 0 radical (unpaired) electrons. The lowest BCUT2D eigenvalue weighted by Gasteiger charge is -2.08. The average molecular weight is 338 g/mol. The number of hydrogen-bond acceptors (Lipinski definition) is 5. The van der Waals surface area contributed by atoms with E-state index in [0.29, 0.717) is 35.7 Å². The van der Waals surface area contributed by atoms with E-state index < -0.39 is 0 Å². The zero-order valence-electron chi connectivity index (χ0n) is 13.8. The summed E-state index contributed by atoms with van der Waals surface area (Å²) in [5, 5.41) is 2.78. The summed E-state index contributed by atoms with van der Waals surface area (Å²) in [6, 6.07) is 9.02. The first kappa shape index (κ1) is 16.6. The molecule has 3 aromatic rings. The summed E-state index contributed by atoms with van der Waals surface area (Å²) in [6.07, 6.45) is 3.81. The van der Waals surface area contributed by atoms with Crippen LogP contribution in [0, 0.1) is 6.92 Å². The van der Waals surface area contributed by atoms with Crippen LogP contribution < -0.4 is 10.9 Å². The number of amides is 1. The molecule has 0 saturated carbocycles. The fraction of sp³-hybridized carbons (Fsp3) is 0.222. The fourth-order valence-electron chi connectivity index (χ4n) is 2.45. The molecule has 0 saturated heterocycles. The maximum Gasteiger partial charge on any atom is 0.255 e. The fourth-order valence-corrected chi connectivity index (χ4v) is 2.45. The number of carbonyl (C=O) groups excluding carboxylic acids is 1. The van der Waals surface area contributed by atoms with Gasteiger partial charge in [0.25, 0.3) is 5.56 Å². The van der Waals surface area contributed by atoms with Gasteiger partial charge in [-0.25, -0.2) is 4.98 Å². The van der Waals surface area contributed by atoms with Crippen molar-refractivity contribution >= 4 is 5.91 Å². The minimum Gasteiger partial charge on any atom is -0.469 e. The highest BCUT2D eigenvalue weighted by Gasteiger charge is 2.13. The van der Waals surface area contributed by atoms with E-state index in [4.69, 9.17) is 4.42 Å². The number of rotatable bonds is 6. The maximum absolute atomic E-state index is 12.3. The summed E-state index contributed by atoms with van der Waals surface area (Å²) < 4.78 is 5.20. The topological polar surface area (TPSA) is 101 Å². The lowest BCUT2D eigenvalue weighted by atomic mass is 10.1. The Bertz CT molecular complexity index is 902. The number of aryl methyl sites for hydroxylation is 1. The number of hydrogen-bond donors (Lipinski definition) is 2. The molecule has 25 heavy (non-hydrogen) atoms. The number of carbonyl (C=O) groups is 1. The van der Waals surface area contributed by atoms with Crippen molar-refractivity contribution in [3.8, 4) is 11.5 Å².